The van der Waals surface area contributed by atoms with Crippen LogP contribution in [-0.2, 0) is 0 Å². The Morgan fingerprint density at radius 2 is 2.00 bits per heavy atom. The van der Waals surface area contributed by atoms with Crippen LogP contribution in [0, 0.1) is 6.92 Å². The fourth-order valence-corrected chi connectivity index (χ4v) is 7.28. The van der Waals surface area contributed by atoms with E-state index in [9.17, 15) is 0 Å². The quantitative estimate of drug-likeness (QED) is 0.662. The van der Waals surface area contributed by atoms with E-state index in [1.807, 2.05) is 0 Å². The van der Waals surface area contributed by atoms with E-state index in [0.717, 1.165) is 5.69 Å². The highest BCUT2D eigenvalue weighted by molar-refractivity contribution is 8.29. The standard InChI is InChI=1S/C16H25NSSi/c1-13-8-7-9-14(12-13)17-15-10-5-6-11-16(15)18-19(2,3)4/h7-9,12,16H,5-6,10-11H2,1-4H3. The summed E-state index contributed by atoms with van der Waals surface area (Å²) in [7, 11) is -1.08. The Hall–Kier alpha value is -0.543. The lowest BCUT2D eigenvalue weighted by atomic mass is 9.98. The zero-order chi connectivity index (χ0) is 13.9. The largest absolute Gasteiger partial charge is 0.257 e. The van der Waals surface area contributed by atoms with Gasteiger partial charge in [0.2, 0.25) is 0 Å². The van der Waals surface area contributed by atoms with Gasteiger partial charge in [-0.1, -0.05) is 38.2 Å². The Labute approximate surface area is 122 Å². The smallest absolute Gasteiger partial charge is 0.109 e. The van der Waals surface area contributed by atoms with Gasteiger partial charge < -0.3 is 0 Å². The summed E-state index contributed by atoms with van der Waals surface area (Å²) in [5, 5.41) is 0.668. The van der Waals surface area contributed by atoms with Gasteiger partial charge in [0.05, 0.1) is 5.69 Å². The fraction of sp³-hybridized carbons (Fsp3) is 0.562. The molecule has 0 radical (unpaired) electrons. The van der Waals surface area contributed by atoms with Gasteiger partial charge in [-0.05, 0) is 43.9 Å². The van der Waals surface area contributed by atoms with Crippen LogP contribution in [0.5, 0.6) is 0 Å². The number of aryl methyl sites for hydroxylation is 1. The minimum Gasteiger partial charge on any atom is -0.257 e. The van der Waals surface area contributed by atoms with Crippen LogP contribution in [0.2, 0.25) is 19.6 Å². The van der Waals surface area contributed by atoms with Crippen molar-refractivity contribution in [1.29, 1.82) is 0 Å². The van der Waals surface area contributed by atoms with Crippen LogP contribution in [-0.4, -0.2) is 18.2 Å². The van der Waals surface area contributed by atoms with Gasteiger partial charge in [0.25, 0.3) is 0 Å². The maximum atomic E-state index is 4.96. The molecule has 104 valence electrons. The van der Waals surface area contributed by atoms with Gasteiger partial charge in [-0.25, -0.2) is 0 Å². The van der Waals surface area contributed by atoms with Crippen molar-refractivity contribution < 1.29 is 0 Å². The second-order valence-electron chi connectivity index (χ2n) is 6.41. The van der Waals surface area contributed by atoms with E-state index in [1.165, 1.54) is 37.0 Å². The van der Waals surface area contributed by atoms with Crippen molar-refractivity contribution in [3.05, 3.63) is 29.8 Å². The molecule has 0 amide bonds. The fourth-order valence-electron chi connectivity index (χ4n) is 2.51. The van der Waals surface area contributed by atoms with Gasteiger partial charge >= 0.3 is 0 Å². The highest BCUT2D eigenvalue weighted by Gasteiger charge is 2.27. The molecule has 0 N–H and O–H groups in total. The SMILES string of the molecule is Cc1cccc(N=C2CCCCC2S[Si](C)(C)C)c1. The summed E-state index contributed by atoms with van der Waals surface area (Å²) in [6.45, 7) is 9.46. The molecule has 19 heavy (non-hydrogen) atoms. The van der Waals surface area contributed by atoms with Crippen molar-refractivity contribution in [2.45, 2.75) is 57.5 Å². The van der Waals surface area contributed by atoms with Crippen LogP contribution in [0.25, 0.3) is 0 Å². The van der Waals surface area contributed by atoms with Gasteiger partial charge in [0.1, 0.15) is 7.22 Å². The topological polar surface area (TPSA) is 12.4 Å². The van der Waals surface area contributed by atoms with Crippen LogP contribution in [0.1, 0.15) is 31.2 Å². The van der Waals surface area contributed by atoms with Gasteiger partial charge in [0.15, 0.2) is 0 Å². The van der Waals surface area contributed by atoms with Crippen molar-refractivity contribution in [1.82, 2.24) is 0 Å². The van der Waals surface area contributed by atoms with Crippen LogP contribution in [0.15, 0.2) is 29.3 Å². The Kier molecular flexibility index (Phi) is 4.90. The van der Waals surface area contributed by atoms with Crippen molar-refractivity contribution in [3.8, 4) is 0 Å². The van der Waals surface area contributed by atoms with Crippen molar-refractivity contribution in [3.63, 3.8) is 0 Å². The summed E-state index contributed by atoms with van der Waals surface area (Å²) >= 11 is 2.22. The second-order valence-corrected chi connectivity index (χ2v) is 15.8. The predicted molar refractivity (Wildman–Crippen MR) is 91.5 cm³/mol. The van der Waals surface area contributed by atoms with Crippen molar-refractivity contribution in [2.75, 3.05) is 0 Å². The first-order valence-electron chi connectivity index (χ1n) is 7.26. The normalized spacial score (nSPS) is 22.7. The molecule has 1 atom stereocenters. The number of aliphatic imine (C=N–C) groups is 1. The van der Waals surface area contributed by atoms with Crippen LogP contribution < -0.4 is 0 Å². The van der Waals surface area contributed by atoms with E-state index in [0.29, 0.717) is 5.25 Å². The minimum atomic E-state index is -1.08. The van der Waals surface area contributed by atoms with Crippen LogP contribution >= 0.6 is 11.2 Å². The number of rotatable bonds is 3. The molecule has 2 rings (SSSR count). The highest BCUT2D eigenvalue weighted by atomic mass is 32.4. The molecular weight excluding hydrogens is 266 g/mol. The molecule has 0 aliphatic heterocycles. The lowest BCUT2D eigenvalue weighted by molar-refractivity contribution is 0.676. The third-order valence-corrected chi connectivity index (χ3v) is 7.77. The van der Waals surface area contributed by atoms with E-state index in [-0.39, 0.29) is 0 Å². The zero-order valence-corrected chi connectivity index (χ0v) is 14.4. The average Bonchev–Trinajstić information content (AvgIpc) is 2.30. The third kappa shape index (κ3) is 4.81. The molecular formula is C16H25NSSi. The predicted octanol–water partition coefficient (Wildman–Crippen LogP) is 5.58. The Morgan fingerprint density at radius 3 is 2.68 bits per heavy atom. The first-order valence-corrected chi connectivity index (χ1v) is 12.4. The number of hydrogen-bond donors (Lipinski definition) is 0. The molecule has 3 heteroatoms. The summed E-state index contributed by atoms with van der Waals surface area (Å²) in [5.41, 5.74) is 3.87. The molecule has 1 aromatic carbocycles. The van der Waals surface area contributed by atoms with E-state index in [2.05, 4.69) is 62.0 Å². The van der Waals surface area contributed by atoms with E-state index >= 15 is 0 Å². The maximum absolute atomic E-state index is 4.96. The van der Waals surface area contributed by atoms with E-state index in [4.69, 9.17) is 4.99 Å². The van der Waals surface area contributed by atoms with Gasteiger partial charge in [-0.3, -0.25) is 4.99 Å². The Balaban J connectivity index is 2.19. The number of benzene rings is 1. The summed E-state index contributed by atoms with van der Waals surface area (Å²) in [6.07, 6.45) is 5.19. The second kappa shape index (κ2) is 6.27. The molecule has 0 spiro atoms. The number of nitrogens with zero attached hydrogens (tertiary/aromatic N) is 1. The molecule has 1 aliphatic carbocycles. The molecule has 0 heterocycles. The molecule has 1 aromatic rings. The summed E-state index contributed by atoms with van der Waals surface area (Å²) in [5.74, 6) is 0. The monoisotopic (exact) mass is 291 g/mol. The molecule has 0 saturated heterocycles. The van der Waals surface area contributed by atoms with Crippen LogP contribution in [0.3, 0.4) is 0 Å². The maximum Gasteiger partial charge on any atom is 0.109 e. The summed E-state index contributed by atoms with van der Waals surface area (Å²) < 4.78 is 0. The minimum absolute atomic E-state index is 0.668. The molecule has 1 saturated carbocycles. The first-order chi connectivity index (χ1) is 8.94. The lowest BCUT2D eigenvalue weighted by Gasteiger charge is -2.29. The van der Waals surface area contributed by atoms with Gasteiger partial charge in [0, 0.05) is 11.0 Å². The molecule has 0 bridgehead atoms. The van der Waals surface area contributed by atoms with Crippen LogP contribution in [0.4, 0.5) is 5.69 Å². The van der Waals surface area contributed by atoms with Gasteiger partial charge in [-0.15, -0.1) is 0 Å². The van der Waals surface area contributed by atoms with E-state index in [1.54, 1.807) is 0 Å². The lowest BCUT2D eigenvalue weighted by Crippen LogP contribution is -2.29. The Morgan fingerprint density at radius 1 is 1.21 bits per heavy atom. The van der Waals surface area contributed by atoms with Crippen molar-refractivity contribution in [2.24, 2.45) is 4.99 Å². The Bertz CT molecular complexity index is 462. The number of hydrogen-bond acceptors (Lipinski definition) is 2. The zero-order valence-electron chi connectivity index (χ0n) is 12.6. The first kappa shape index (κ1) is 14.9. The van der Waals surface area contributed by atoms with Gasteiger partial charge in [-0.2, -0.15) is 11.2 Å². The summed E-state index contributed by atoms with van der Waals surface area (Å²) in [4.78, 5) is 4.96. The molecule has 1 nitrogen and oxygen atoms in total. The summed E-state index contributed by atoms with van der Waals surface area (Å²) in [6, 6.07) is 8.57. The molecule has 1 aliphatic rings. The average molecular weight is 292 g/mol. The molecule has 0 aromatic heterocycles. The third-order valence-electron chi connectivity index (χ3n) is 3.29. The van der Waals surface area contributed by atoms with Crippen molar-refractivity contribution >= 4 is 29.8 Å². The molecule has 1 unspecified atom stereocenters. The van der Waals surface area contributed by atoms with E-state index < -0.39 is 7.22 Å². The highest BCUT2D eigenvalue weighted by Crippen LogP contribution is 2.34. The molecule has 1 fully saturated rings.